The molecule has 0 saturated heterocycles. The molecule has 0 unspecified atom stereocenters. The van der Waals surface area contributed by atoms with Gasteiger partial charge < -0.3 is 18.9 Å². The number of carbonyl (C=O) groups is 2. The number of esters is 1. The minimum Gasteiger partial charge on any atom is -0.462 e. The number of nitrogens with one attached hydrogen (secondary N) is 1. The third kappa shape index (κ3) is 3.78. The van der Waals surface area contributed by atoms with Crippen LogP contribution >= 0.6 is 0 Å². The molecule has 0 aliphatic carbocycles. The fraction of sp³-hybridized carbons (Fsp3) is 0.227. The Hall–Kier alpha value is -4.21. The maximum atomic E-state index is 13.2. The van der Waals surface area contributed by atoms with Crippen molar-refractivity contribution in [1.82, 2.24) is 9.55 Å². The molecule has 0 bridgehead atoms. The maximum Gasteiger partial charge on any atom is 0.342 e. The Morgan fingerprint density at radius 2 is 1.97 bits per heavy atom. The lowest BCUT2D eigenvalue weighted by atomic mass is 10.1. The van der Waals surface area contributed by atoms with Crippen LogP contribution in [-0.4, -0.2) is 28.0 Å². The number of hydrogen-bond acceptors (Lipinski definition) is 8. The quantitative estimate of drug-likeness (QED) is 0.372. The van der Waals surface area contributed by atoms with Gasteiger partial charge in [-0.2, -0.15) is 0 Å². The number of ether oxygens (including phenoxy) is 1. The first-order valence-corrected chi connectivity index (χ1v) is 9.78. The van der Waals surface area contributed by atoms with Gasteiger partial charge in [-0.3, -0.25) is 14.2 Å². The monoisotopic (exact) mass is 437 g/mol. The average molecular weight is 437 g/mol. The Labute approximate surface area is 180 Å². The fourth-order valence-electron chi connectivity index (χ4n) is 3.52. The van der Waals surface area contributed by atoms with Gasteiger partial charge in [0.2, 0.25) is 11.6 Å². The first-order chi connectivity index (χ1) is 15.3. The molecule has 0 saturated carbocycles. The summed E-state index contributed by atoms with van der Waals surface area (Å²) in [5.74, 6) is -0.699. The SMILES string of the molecule is CCOC(=O)c1c(C)oc2ncn(Cc3cc(=O)oc4cc(NC(C)=O)ccc34)c(=O)c12. The average Bonchev–Trinajstić information content (AvgIpc) is 3.06. The highest BCUT2D eigenvalue weighted by atomic mass is 16.5. The predicted molar refractivity (Wildman–Crippen MR) is 115 cm³/mol. The highest BCUT2D eigenvalue weighted by Crippen LogP contribution is 2.24. The summed E-state index contributed by atoms with van der Waals surface area (Å²) in [6.07, 6.45) is 1.29. The van der Waals surface area contributed by atoms with Crippen molar-refractivity contribution in [1.29, 1.82) is 0 Å². The first-order valence-electron chi connectivity index (χ1n) is 9.78. The van der Waals surface area contributed by atoms with Crippen LogP contribution in [0.4, 0.5) is 5.69 Å². The van der Waals surface area contributed by atoms with Crippen LogP contribution in [0.2, 0.25) is 0 Å². The number of fused-ring (bicyclic) bond motifs is 2. The van der Waals surface area contributed by atoms with Gasteiger partial charge in [0, 0.05) is 30.1 Å². The third-order valence-corrected chi connectivity index (χ3v) is 4.83. The van der Waals surface area contributed by atoms with Crippen LogP contribution in [0.3, 0.4) is 0 Å². The van der Waals surface area contributed by atoms with Crippen molar-refractivity contribution in [3.05, 3.63) is 68.3 Å². The maximum absolute atomic E-state index is 13.2. The number of rotatable bonds is 5. The molecule has 10 nitrogen and oxygen atoms in total. The highest BCUT2D eigenvalue weighted by Gasteiger charge is 2.24. The summed E-state index contributed by atoms with van der Waals surface area (Å²) in [5, 5.41) is 3.22. The normalized spacial score (nSPS) is 11.1. The van der Waals surface area contributed by atoms with E-state index >= 15 is 0 Å². The van der Waals surface area contributed by atoms with E-state index in [9.17, 15) is 19.2 Å². The number of nitrogens with zero attached hydrogens (tertiary/aromatic N) is 2. The third-order valence-electron chi connectivity index (χ3n) is 4.83. The molecule has 10 heteroatoms. The van der Waals surface area contributed by atoms with Crippen LogP contribution in [0.15, 0.2) is 49.0 Å². The van der Waals surface area contributed by atoms with Gasteiger partial charge in [-0.05, 0) is 31.5 Å². The summed E-state index contributed by atoms with van der Waals surface area (Å²) in [5.41, 5.74) is 0.180. The largest absolute Gasteiger partial charge is 0.462 e. The zero-order valence-corrected chi connectivity index (χ0v) is 17.6. The van der Waals surface area contributed by atoms with E-state index in [1.54, 1.807) is 26.0 Å². The highest BCUT2D eigenvalue weighted by molar-refractivity contribution is 6.03. The lowest BCUT2D eigenvalue weighted by Crippen LogP contribution is -2.23. The molecule has 0 atom stereocenters. The van der Waals surface area contributed by atoms with E-state index < -0.39 is 17.2 Å². The van der Waals surface area contributed by atoms with Crippen LogP contribution < -0.4 is 16.5 Å². The van der Waals surface area contributed by atoms with Crippen molar-refractivity contribution >= 4 is 39.6 Å². The Bertz CT molecular complexity index is 1490. The van der Waals surface area contributed by atoms with E-state index in [1.165, 1.54) is 30.0 Å². The Morgan fingerprint density at radius 1 is 1.19 bits per heavy atom. The van der Waals surface area contributed by atoms with Crippen LogP contribution in [0.1, 0.15) is 35.5 Å². The number of benzene rings is 1. The molecule has 164 valence electrons. The zero-order valence-electron chi connectivity index (χ0n) is 17.6. The summed E-state index contributed by atoms with van der Waals surface area (Å²) in [6, 6.07) is 6.16. The number of hydrogen-bond donors (Lipinski definition) is 1. The lowest BCUT2D eigenvalue weighted by Gasteiger charge is -2.09. The van der Waals surface area contributed by atoms with E-state index in [2.05, 4.69) is 10.3 Å². The molecule has 0 fully saturated rings. The second-order valence-electron chi connectivity index (χ2n) is 7.09. The van der Waals surface area contributed by atoms with Gasteiger partial charge in [0.05, 0.1) is 13.2 Å². The minimum absolute atomic E-state index is 0.00412. The molecule has 0 radical (unpaired) electrons. The van der Waals surface area contributed by atoms with Gasteiger partial charge in [0.15, 0.2) is 0 Å². The van der Waals surface area contributed by atoms with Crippen molar-refractivity contribution in [2.75, 3.05) is 11.9 Å². The van der Waals surface area contributed by atoms with E-state index in [0.29, 0.717) is 16.6 Å². The van der Waals surface area contributed by atoms with Gasteiger partial charge >= 0.3 is 11.6 Å². The summed E-state index contributed by atoms with van der Waals surface area (Å²) in [6.45, 7) is 4.73. The van der Waals surface area contributed by atoms with Crippen molar-refractivity contribution < 1.29 is 23.2 Å². The Kier molecular flexibility index (Phi) is 5.35. The number of aromatic nitrogens is 2. The molecule has 3 aromatic heterocycles. The van der Waals surface area contributed by atoms with Crippen LogP contribution in [-0.2, 0) is 16.1 Å². The molecular weight excluding hydrogens is 418 g/mol. The molecule has 4 rings (SSSR count). The van der Waals surface area contributed by atoms with Gasteiger partial charge in [-0.25, -0.2) is 14.6 Å². The topological polar surface area (TPSA) is 134 Å². The molecule has 3 heterocycles. The summed E-state index contributed by atoms with van der Waals surface area (Å²) in [7, 11) is 0. The van der Waals surface area contributed by atoms with Crippen molar-refractivity contribution in [3.8, 4) is 0 Å². The molecule has 1 aromatic carbocycles. The van der Waals surface area contributed by atoms with E-state index in [0.717, 1.165) is 0 Å². The zero-order chi connectivity index (χ0) is 23.0. The van der Waals surface area contributed by atoms with Crippen LogP contribution in [0.5, 0.6) is 0 Å². The van der Waals surface area contributed by atoms with Gasteiger partial charge in [0.25, 0.3) is 5.56 Å². The molecular formula is C22H19N3O7. The Morgan fingerprint density at radius 3 is 2.69 bits per heavy atom. The van der Waals surface area contributed by atoms with E-state index in [-0.39, 0.29) is 47.1 Å². The molecule has 0 spiro atoms. The van der Waals surface area contributed by atoms with E-state index in [1.807, 2.05) is 0 Å². The van der Waals surface area contributed by atoms with Crippen LogP contribution in [0, 0.1) is 6.92 Å². The number of anilines is 1. The summed E-state index contributed by atoms with van der Waals surface area (Å²) >= 11 is 0. The number of furan rings is 1. The van der Waals surface area contributed by atoms with E-state index in [4.69, 9.17) is 13.6 Å². The Balaban J connectivity index is 1.83. The smallest absolute Gasteiger partial charge is 0.342 e. The molecule has 0 aliphatic heterocycles. The second kappa shape index (κ2) is 8.14. The standard InChI is InChI=1S/C22H19N3O7/c1-4-30-22(29)18-11(2)31-20-19(18)21(28)25(10-23-20)9-13-7-17(27)32-16-8-14(24-12(3)26)5-6-15(13)16/h5-8,10H,4,9H2,1-3H3,(H,24,26). The molecule has 4 aromatic rings. The summed E-state index contributed by atoms with van der Waals surface area (Å²) < 4.78 is 17.0. The van der Waals surface area contributed by atoms with Gasteiger partial charge in [0.1, 0.15) is 28.6 Å². The number of carbonyl (C=O) groups excluding carboxylic acids is 2. The number of amides is 1. The van der Waals surface area contributed by atoms with Crippen molar-refractivity contribution in [2.45, 2.75) is 27.3 Å². The first kappa shape index (κ1) is 21.0. The molecule has 32 heavy (non-hydrogen) atoms. The number of aryl methyl sites for hydroxylation is 1. The fourth-order valence-corrected chi connectivity index (χ4v) is 3.52. The summed E-state index contributed by atoms with van der Waals surface area (Å²) in [4.78, 5) is 53.1. The molecule has 0 aliphatic rings. The minimum atomic E-state index is -0.670. The molecule has 1 amide bonds. The molecule has 1 N–H and O–H groups in total. The predicted octanol–water partition coefficient (Wildman–Crippen LogP) is 2.59. The van der Waals surface area contributed by atoms with Gasteiger partial charge in [-0.1, -0.05) is 0 Å². The van der Waals surface area contributed by atoms with Crippen molar-refractivity contribution in [3.63, 3.8) is 0 Å². The van der Waals surface area contributed by atoms with Crippen molar-refractivity contribution in [2.24, 2.45) is 0 Å². The second-order valence-corrected chi connectivity index (χ2v) is 7.09. The van der Waals surface area contributed by atoms with Gasteiger partial charge in [-0.15, -0.1) is 0 Å². The van der Waals surface area contributed by atoms with Crippen LogP contribution in [0.25, 0.3) is 22.1 Å². The lowest BCUT2D eigenvalue weighted by molar-refractivity contribution is -0.114.